The summed E-state index contributed by atoms with van der Waals surface area (Å²) in [6, 6.07) is 9.11. The molecule has 0 N–H and O–H groups in total. The molecule has 0 bridgehead atoms. The highest BCUT2D eigenvalue weighted by molar-refractivity contribution is 5.50. The Morgan fingerprint density at radius 1 is 0.929 bits per heavy atom. The van der Waals surface area contributed by atoms with E-state index in [1.165, 1.54) is 28.2 Å². The number of rotatable bonds is 5. The van der Waals surface area contributed by atoms with Crippen LogP contribution < -0.4 is 4.90 Å². The maximum atomic E-state index is 4.68. The van der Waals surface area contributed by atoms with E-state index in [1.807, 2.05) is 0 Å². The van der Waals surface area contributed by atoms with Crippen LogP contribution in [0.4, 0.5) is 5.82 Å². The van der Waals surface area contributed by atoms with Gasteiger partial charge in [-0.2, -0.15) is 0 Å². The van der Waals surface area contributed by atoms with E-state index in [4.69, 9.17) is 0 Å². The number of hydrogen-bond donors (Lipinski definition) is 0. The number of anilines is 1. The van der Waals surface area contributed by atoms with Crippen LogP contribution >= 0.6 is 0 Å². The van der Waals surface area contributed by atoms with E-state index in [2.05, 4.69) is 69.7 Å². The SMILES string of the molecule is CCN1CCN(c2ncnc3c2CCN(Cc2ccc(C(C)C)cc2)C3)CC1. The first-order valence-electron chi connectivity index (χ1n) is 10.7. The molecule has 2 aliphatic rings. The Morgan fingerprint density at radius 2 is 1.68 bits per heavy atom. The summed E-state index contributed by atoms with van der Waals surface area (Å²) in [4.78, 5) is 16.8. The van der Waals surface area contributed by atoms with Crippen molar-refractivity contribution in [2.24, 2.45) is 0 Å². The van der Waals surface area contributed by atoms with Crippen LogP contribution in [0.2, 0.25) is 0 Å². The quantitative estimate of drug-likeness (QED) is 0.797. The van der Waals surface area contributed by atoms with Gasteiger partial charge in [0.15, 0.2) is 0 Å². The van der Waals surface area contributed by atoms with Crippen molar-refractivity contribution in [3.8, 4) is 0 Å². The van der Waals surface area contributed by atoms with Gasteiger partial charge >= 0.3 is 0 Å². The summed E-state index contributed by atoms with van der Waals surface area (Å²) >= 11 is 0. The van der Waals surface area contributed by atoms with Gasteiger partial charge in [-0.05, 0) is 30.0 Å². The second kappa shape index (κ2) is 8.58. The minimum absolute atomic E-state index is 0.588. The van der Waals surface area contributed by atoms with Gasteiger partial charge in [0.1, 0.15) is 12.1 Å². The van der Waals surface area contributed by atoms with Crippen molar-refractivity contribution in [3.63, 3.8) is 0 Å². The predicted molar refractivity (Wildman–Crippen MR) is 115 cm³/mol. The Hall–Kier alpha value is -1.98. The lowest BCUT2D eigenvalue weighted by atomic mass is 10.0. The molecule has 2 aliphatic heterocycles. The van der Waals surface area contributed by atoms with Crippen LogP contribution in [0.15, 0.2) is 30.6 Å². The number of piperazine rings is 1. The van der Waals surface area contributed by atoms with E-state index in [-0.39, 0.29) is 0 Å². The zero-order valence-corrected chi connectivity index (χ0v) is 17.6. The molecule has 1 aromatic heterocycles. The molecule has 0 saturated carbocycles. The molecule has 0 radical (unpaired) electrons. The monoisotopic (exact) mass is 379 g/mol. The Labute approximate surface area is 169 Å². The molecule has 28 heavy (non-hydrogen) atoms. The normalized spacial score (nSPS) is 18.5. The highest BCUT2D eigenvalue weighted by Crippen LogP contribution is 2.27. The highest BCUT2D eigenvalue weighted by atomic mass is 15.3. The second-order valence-electron chi connectivity index (χ2n) is 8.40. The molecule has 0 atom stereocenters. The molecular weight excluding hydrogens is 346 g/mol. The molecule has 1 fully saturated rings. The van der Waals surface area contributed by atoms with Gasteiger partial charge in [-0.25, -0.2) is 9.97 Å². The molecule has 0 aliphatic carbocycles. The first kappa shape index (κ1) is 19.3. The van der Waals surface area contributed by atoms with Crippen molar-refractivity contribution in [3.05, 3.63) is 53.0 Å². The molecule has 2 aromatic rings. The minimum atomic E-state index is 0.588. The number of benzene rings is 1. The maximum absolute atomic E-state index is 4.68. The topological polar surface area (TPSA) is 35.5 Å². The van der Waals surface area contributed by atoms with Gasteiger partial charge in [-0.1, -0.05) is 45.0 Å². The molecule has 150 valence electrons. The molecule has 1 aromatic carbocycles. The summed E-state index contributed by atoms with van der Waals surface area (Å²) in [5.41, 5.74) is 5.39. The van der Waals surface area contributed by atoms with Gasteiger partial charge in [0.2, 0.25) is 0 Å². The van der Waals surface area contributed by atoms with Crippen LogP contribution in [0, 0.1) is 0 Å². The molecule has 0 unspecified atom stereocenters. The van der Waals surface area contributed by atoms with Gasteiger partial charge in [-0.3, -0.25) is 4.90 Å². The highest BCUT2D eigenvalue weighted by Gasteiger charge is 2.25. The van der Waals surface area contributed by atoms with Crippen LogP contribution in [-0.2, 0) is 19.5 Å². The fourth-order valence-electron chi connectivity index (χ4n) is 4.34. The van der Waals surface area contributed by atoms with Crippen LogP contribution in [-0.4, -0.2) is 59.0 Å². The number of nitrogens with zero attached hydrogens (tertiary/aromatic N) is 5. The van der Waals surface area contributed by atoms with Crippen LogP contribution in [0.1, 0.15) is 49.1 Å². The lowest BCUT2D eigenvalue weighted by Crippen LogP contribution is -2.47. The minimum Gasteiger partial charge on any atom is -0.354 e. The van der Waals surface area contributed by atoms with E-state index < -0.39 is 0 Å². The summed E-state index contributed by atoms with van der Waals surface area (Å²) in [7, 11) is 0. The summed E-state index contributed by atoms with van der Waals surface area (Å²) in [5.74, 6) is 1.77. The lowest BCUT2D eigenvalue weighted by molar-refractivity contribution is 0.240. The van der Waals surface area contributed by atoms with Crippen LogP contribution in [0.25, 0.3) is 0 Å². The smallest absolute Gasteiger partial charge is 0.135 e. The van der Waals surface area contributed by atoms with E-state index in [1.54, 1.807) is 6.33 Å². The Morgan fingerprint density at radius 3 is 2.36 bits per heavy atom. The Kier molecular flexibility index (Phi) is 5.93. The third-order valence-corrected chi connectivity index (χ3v) is 6.23. The van der Waals surface area contributed by atoms with E-state index >= 15 is 0 Å². The Balaban J connectivity index is 1.43. The predicted octanol–water partition coefficient (Wildman–Crippen LogP) is 3.30. The third kappa shape index (κ3) is 4.20. The average Bonchev–Trinajstić information content (AvgIpc) is 2.73. The van der Waals surface area contributed by atoms with E-state index in [0.717, 1.165) is 58.8 Å². The fraction of sp³-hybridized carbons (Fsp3) is 0.565. The molecular formula is C23H33N5. The summed E-state index contributed by atoms with van der Waals surface area (Å²) < 4.78 is 0. The summed E-state index contributed by atoms with van der Waals surface area (Å²) in [5, 5.41) is 0. The summed E-state index contributed by atoms with van der Waals surface area (Å²) in [6.07, 6.45) is 2.81. The van der Waals surface area contributed by atoms with Crippen molar-refractivity contribution in [2.75, 3.05) is 44.2 Å². The van der Waals surface area contributed by atoms with Crippen molar-refractivity contribution >= 4 is 5.82 Å². The molecule has 5 heteroatoms. The van der Waals surface area contributed by atoms with Crippen molar-refractivity contribution in [1.82, 2.24) is 19.8 Å². The van der Waals surface area contributed by atoms with Crippen molar-refractivity contribution in [1.29, 1.82) is 0 Å². The number of aromatic nitrogens is 2. The number of hydrogen-bond acceptors (Lipinski definition) is 5. The number of likely N-dealkylation sites (N-methyl/N-ethyl adjacent to an activating group) is 1. The molecule has 5 nitrogen and oxygen atoms in total. The molecule has 0 amide bonds. The number of fused-ring (bicyclic) bond motifs is 1. The molecule has 0 spiro atoms. The van der Waals surface area contributed by atoms with Gasteiger partial charge < -0.3 is 9.80 Å². The average molecular weight is 380 g/mol. The lowest BCUT2D eigenvalue weighted by Gasteiger charge is -2.37. The Bertz CT molecular complexity index is 778. The summed E-state index contributed by atoms with van der Waals surface area (Å²) in [6.45, 7) is 15.3. The van der Waals surface area contributed by atoms with Crippen molar-refractivity contribution in [2.45, 2.75) is 46.2 Å². The van der Waals surface area contributed by atoms with Gasteiger partial charge in [0, 0.05) is 51.4 Å². The zero-order valence-electron chi connectivity index (χ0n) is 17.6. The second-order valence-corrected chi connectivity index (χ2v) is 8.40. The maximum Gasteiger partial charge on any atom is 0.135 e. The van der Waals surface area contributed by atoms with E-state index in [0.29, 0.717) is 5.92 Å². The van der Waals surface area contributed by atoms with Crippen LogP contribution in [0.5, 0.6) is 0 Å². The van der Waals surface area contributed by atoms with Crippen molar-refractivity contribution < 1.29 is 0 Å². The van der Waals surface area contributed by atoms with Gasteiger partial charge in [0.05, 0.1) is 5.69 Å². The van der Waals surface area contributed by atoms with E-state index in [9.17, 15) is 0 Å². The standard InChI is InChI=1S/C23H33N5/c1-4-26-11-13-28(14-12-26)23-21-9-10-27(16-22(21)24-17-25-23)15-19-5-7-20(8-6-19)18(2)3/h5-8,17-18H,4,9-16H2,1-3H3. The molecule has 4 rings (SSSR count). The third-order valence-electron chi connectivity index (χ3n) is 6.23. The van der Waals surface area contributed by atoms with Gasteiger partial charge in [-0.15, -0.1) is 0 Å². The first-order valence-corrected chi connectivity index (χ1v) is 10.7. The zero-order chi connectivity index (χ0) is 19.5. The van der Waals surface area contributed by atoms with Crippen LogP contribution in [0.3, 0.4) is 0 Å². The van der Waals surface area contributed by atoms with Gasteiger partial charge in [0.25, 0.3) is 0 Å². The largest absolute Gasteiger partial charge is 0.354 e. The fourth-order valence-corrected chi connectivity index (χ4v) is 4.34. The first-order chi connectivity index (χ1) is 13.6. The molecule has 3 heterocycles. The molecule has 1 saturated heterocycles.